The van der Waals surface area contributed by atoms with Crippen LogP contribution in [0.15, 0.2) is 30.3 Å². The molecule has 0 aromatic heterocycles. The first-order chi connectivity index (χ1) is 29.6. The zero-order valence-electron chi connectivity index (χ0n) is 34.5. The van der Waals surface area contributed by atoms with Gasteiger partial charge in [0.2, 0.25) is 41.4 Å². The summed E-state index contributed by atoms with van der Waals surface area (Å²) in [4.78, 5) is 122. The molecular weight excluding hydrogens is 814 g/mol. The number of amides is 7. The van der Waals surface area contributed by atoms with E-state index in [1.807, 2.05) is 0 Å². The molecule has 0 aliphatic carbocycles. The van der Waals surface area contributed by atoms with Crippen molar-refractivity contribution in [1.82, 2.24) is 36.0 Å². The third-order valence-electron chi connectivity index (χ3n) is 11.3. The van der Waals surface area contributed by atoms with Gasteiger partial charge in [-0.05, 0) is 76.3 Å². The van der Waals surface area contributed by atoms with Gasteiger partial charge < -0.3 is 67.9 Å². The van der Waals surface area contributed by atoms with Crippen LogP contribution in [0.1, 0.15) is 69.8 Å². The Morgan fingerprint density at radius 2 is 1.11 bits per heavy atom. The summed E-state index contributed by atoms with van der Waals surface area (Å²) in [6.45, 7) is -1.25. The Kier molecular flexibility index (Phi) is 18.5. The third-order valence-corrected chi connectivity index (χ3v) is 11.3. The highest BCUT2D eigenvalue weighted by Gasteiger charge is 2.46. The fraction of sp³-hybridized carbons (Fsp3) is 0.625. The van der Waals surface area contributed by atoms with Crippen LogP contribution in [0.25, 0.3) is 0 Å². The molecule has 3 fully saturated rings. The van der Waals surface area contributed by atoms with Gasteiger partial charge in [-0.3, -0.25) is 38.4 Å². The van der Waals surface area contributed by atoms with Crippen LogP contribution < -0.4 is 32.7 Å². The molecule has 1 aromatic carbocycles. The van der Waals surface area contributed by atoms with Crippen molar-refractivity contribution in [3.05, 3.63) is 35.9 Å². The van der Waals surface area contributed by atoms with Gasteiger partial charge in [0.1, 0.15) is 42.3 Å². The molecule has 4 rings (SSSR count). The lowest BCUT2D eigenvalue weighted by atomic mass is 10.0. The Bertz CT molecular complexity index is 1790. The molecule has 1 aromatic rings. The predicted octanol–water partition coefficient (Wildman–Crippen LogP) is -3.86. The molecule has 3 aliphatic heterocycles. The van der Waals surface area contributed by atoms with Crippen molar-refractivity contribution in [1.29, 1.82) is 0 Å². The first-order valence-electron chi connectivity index (χ1n) is 20.9. The van der Waals surface area contributed by atoms with Gasteiger partial charge in [0.05, 0.1) is 25.7 Å². The summed E-state index contributed by atoms with van der Waals surface area (Å²) in [6.07, 6.45) is 2.24. The number of carboxylic acids is 2. The van der Waals surface area contributed by atoms with E-state index in [9.17, 15) is 63.6 Å². The van der Waals surface area contributed by atoms with Crippen LogP contribution in [0.4, 0.5) is 0 Å². The van der Waals surface area contributed by atoms with Gasteiger partial charge in [0.25, 0.3) is 0 Å². The highest BCUT2D eigenvalue weighted by molar-refractivity contribution is 5.98. The van der Waals surface area contributed by atoms with Crippen LogP contribution in [0.3, 0.4) is 0 Å². The first-order valence-corrected chi connectivity index (χ1v) is 20.9. The van der Waals surface area contributed by atoms with E-state index in [1.165, 1.54) is 14.7 Å². The number of aliphatic hydroxyl groups excluding tert-OH is 2. The summed E-state index contributed by atoms with van der Waals surface area (Å²) in [5.41, 5.74) is 12.5. The van der Waals surface area contributed by atoms with Crippen LogP contribution in [0, 0.1) is 0 Å². The summed E-state index contributed by atoms with van der Waals surface area (Å²) in [7, 11) is 0. The zero-order chi connectivity index (χ0) is 45.5. The van der Waals surface area contributed by atoms with Gasteiger partial charge in [0.15, 0.2) is 0 Å². The van der Waals surface area contributed by atoms with Crippen LogP contribution >= 0.6 is 0 Å². The van der Waals surface area contributed by atoms with Crippen LogP contribution in [-0.4, -0.2) is 176 Å². The maximum Gasteiger partial charge on any atom is 0.326 e. The van der Waals surface area contributed by atoms with E-state index in [0.29, 0.717) is 44.9 Å². The number of aliphatic carboxylic acids is 2. The second kappa shape index (κ2) is 23.5. The Hall–Kier alpha value is -5.71. The average molecular weight is 874 g/mol. The summed E-state index contributed by atoms with van der Waals surface area (Å²) < 4.78 is 0. The van der Waals surface area contributed by atoms with E-state index < -0.39 is 121 Å². The third kappa shape index (κ3) is 12.9. The minimum absolute atomic E-state index is 0.0541. The first kappa shape index (κ1) is 49.0. The Morgan fingerprint density at radius 1 is 0.629 bits per heavy atom. The van der Waals surface area contributed by atoms with E-state index in [0.717, 1.165) is 5.56 Å². The number of nitrogens with one attached hydrogen (secondary N) is 4. The van der Waals surface area contributed by atoms with E-state index in [-0.39, 0.29) is 45.4 Å². The number of carbonyl (C=O) groups is 9. The van der Waals surface area contributed by atoms with Crippen molar-refractivity contribution in [2.24, 2.45) is 11.5 Å². The number of carbonyl (C=O) groups excluding carboxylic acids is 7. The largest absolute Gasteiger partial charge is 0.481 e. The molecule has 342 valence electrons. The summed E-state index contributed by atoms with van der Waals surface area (Å²) in [5.74, 6) is -8.52. The smallest absolute Gasteiger partial charge is 0.326 e. The van der Waals surface area contributed by atoms with Crippen molar-refractivity contribution >= 4 is 53.3 Å². The van der Waals surface area contributed by atoms with Crippen molar-refractivity contribution in [3.63, 3.8) is 0 Å². The molecule has 12 N–H and O–H groups in total. The Balaban J connectivity index is 1.39. The standard InChI is InChI=1S/C40H59N9O13/c41-15-5-4-11-25(43-33(54)24(42)19-23-9-2-1-3-10-23)34(55)44-26(20-32(52)53)35(56)45-27(21-50)36(57)46-28(22-51)37(58)47-16-6-12-29(47)38(59)48-17-7-13-30(48)39(60)49-18-8-14-31(49)40(61)62/h1-3,9-10,24-31,50-51H,4-8,11-22,41-42H2,(H,43,54)(H,44,55)(H,45,56)(H,46,57)(H,52,53)(H,61,62)/t24-,25-,26-,27-,28-,29-,30-,31-/m0/s1. The number of benzene rings is 1. The zero-order valence-corrected chi connectivity index (χ0v) is 34.5. The molecule has 0 radical (unpaired) electrons. The number of nitrogens with two attached hydrogens (primary N) is 2. The number of hydrogen-bond donors (Lipinski definition) is 10. The summed E-state index contributed by atoms with van der Waals surface area (Å²) in [6, 6.07) is -1.71. The topological polar surface area (TPSA) is 344 Å². The molecule has 0 unspecified atom stereocenters. The maximum atomic E-state index is 13.9. The highest BCUT2D eigenvalue weighted by Crippen LogP contribution is 2.29. The van der Waals surface area contributed by atoms with Crippen molar-refractivity contribution in [3.8, 4) is 0 Å². The van der Waals surface area contributed by atoms with E-state index in [4.69, 9.17) is 11.5 Å². The lowest BCUT2D eigenvalue weighted by Gasteiger charge is -2.34. The monoisotopic (exact) mass is 873 g/mol. The Morgan fingerprint density at radius 3 is 1.68 bits per heavy atom. The molecule has 7 amide bonds. The highest BCUT2D eigenvalue weighted by atomic mass is 16.4. The second-order valence-corrected chi connectivity index (χ2v) is 15.7. The van der Waals surface area contributed by atoms with Gasteiger partial charge in [0, 0.05) is 19.6 Å². The minimum Gasteiger partial charge on any atom is -0.481 e. The minimum atomic E-state index is -1.82. The van der Waals surface area contributed by atoms with Crippen molar-refractivity contribution in [2.45, 2.75) is 119 Å². The van der Waals surface area contributed by atoms with Gasteiger partial charge in [-0.2, -0.15) is 0 Å². The Labute approximate surface area is 358 Å². The molecule has 0 spiro atoms. The van der Waals surface area contributed by atoms with Gasteiger partial charge in [-0.1, -0.05) is 30.3 Å². The molecule has 22 nitrogen and oxygen atoms in total. The predicted molar refractivity (Wildman–Crippen MR) is 217 cm³/mol. The van der Waals surface area contributed by atoms with Gasteiger partial charge in [-0.25, -0.2) is 4.79 Å². The lowest BCUT2D eigenvalue weighted by Crippen LogP contribution is -2.61. The van der Waals surface area contributed by atoms with Crippen LogP contribution in [0.5, 0.6) is 0 Å². The molecule has 3 aliphatic rings. The van der Waals surface area contributed by atoms with Crippen molar-refractivity contribution in [2.75, 3.05) is 39.4 Å². The molecule has 0 saturated carbocycles. The molecule has 3 heterocycles. The molecule has 22 heteroatoms. The van der Waals surface area contributed by atoms with E-state index in [1.54, 1.807) is 30.3 Å². The molecule has 0 bridgehead atoms. The SMILES string of the molecule is NCCCC[C@H](NC(=O)[C@@H](N)Cc1ccccc1)C(=O)N[C@@H](CC(=O)O)C(=O)N[C@@H](CO)C(=O)N[C@@H](CO)C(=O)N1CCC[C@H]1C(=O)N1CCC[C@H]1C(=O)N1CCC[C@H]1C(=O)O. The van der Waals surface area contributed by atoms with E-state index >= 15 is 0 Å². The second-order valence-electron chi connectivity index (χ2n) is 15.7. The number of aliphatic hydroxyl groups is 2. The lowest BCUT2D eigenvalue weighted by molar-refractivity contribution is -0.154. The maximum absolute atomic E-state index is 13.9. The molecular formula is C40H59N9O13. The van der Waals surface area contributed by atoms with Gasteiger partial charge in [-0.15, -0.1) is 0 Å². The van der Waals surface area contributed by atoms with Crippen LogP contribution in [0.2, 0.25) is 0 Å². The number of carboxylic acid groups (broad SMARTS) is 2. The van der Waals surface area contributed by atoms with Crippen molar-refractivity contribution < 1.29 is 63.6 Å². The van der Waals surface area contributed by atoms with Gasteiger partial charge >= 0.3 is 11.9 Å². The average Bonchev–Trinajstić information content (AvgIpc) is 4.05. The number of likely N-dealkylation sites (tertiary alicyclic amines) is 3. The number of unbranched alkanes of at least 4 members (excludes halogenated alkanes) is 1. The number of nitrogens with zero attached hydrogens (tertiary/aromatic N) is 3. The molecule has 8 atom stereocenters. The molecule has 62 heavy (non-hydrogen) atoms. The number of rotatable bonds is 22. The molecule has 3 saturated heterocycles. The normalized spacial score (nSPS) is 21.0. The quantitative estimate of drug-likeness (QED) is 0.0499. The summed E-state index contributed by atoms with van der Waals surface area (Å²) >= 11 is 0. The number of hydrogen-bond acceptors (Lipinski definition) is 13. The fourth-order valence-electron chi connectivity index (χ4n) is 8.03. The van der Waals surface area contributed by atoms with E-state index in [2.05, 4.69) is 21.3 Å². The fourth-order valence-corrected chi connectivity index (χ4v) is 8.03. The summed E-state index contributed by atoms with van der Waals surface area (Å²) in [5, 5.41) is 48.8. The van der Waals surface area contributed by atoms with Crippen LogP contribution in [-0.2, 0) is 49.6 Å².